The number of benzene rings is 1. The third kappa shape index (κ3) is 3.73. The van der Waals surface area contributed by atoms with Gasteiger partial charge in [-0.05, 0) is 30.6 Å². The second-order valence-corrected chi connectivity index (χ2v) is 3.29. The zero-order valence-corrected chi connectivity index (χ0v) is 8.50. The highest BCUT2D eigenvalue weighted by Gasteiger charge is 1.96. The highest BCUT2D eigenvalue weighted by Crippen LogP contribution is 2.09. The van der Waals surface area contributed by atoms with Crippen molar-refractivity contribution in [3.63, 3.8) is 0 Å². The monoisotopic (exact) mass is 190 g/mol. The van der Waals surface area contributed by atoms with Crippen molar-refractivity contribution in [1.82, 2.24) is 5.32 Å². The summed E-state index contributed by atoms with van der Waals surface area (Å²) in [6.45, 7) is 6.57. The molecule has 14 heavy (non-hydrogen) atoms. The van der Waals surface area contributed by atoms with Crippen LogP contribution >= 0.6 is 0 Å². The van der Waals surface area contributed by atoms with E-state index in [2.05, 4.69) is 24.0 Å². The average Bonchev–Trinajstić information content (AvgIpc) is 2.25. The lowest BCUT2D eigenvalue weighted by molar-refractivity contribution is 0.705. The van der Waals surface area contributed by atoms with Gasteiger partial charge in [-0.1, -0.05) is 36.9 Å². The van der Waals surface area contributed by atoms with Gasteiger partial charge in [-0.25, -0.2) is 0 Å². The lowest BCUT2D eigenvalue weighted by Gasteiger charge is -2.07. The van der Waals surface area contributed by atoms with Gasteiger partial charge in [0.15, 0.2) is 0 Å². The molecule has 0 unspecified atom stereocenters. The van der Waals surface area contributed by atoms with Crippen molar-refractivity contribution in [3.8, 4) is 0 Å². The molecule has 1 rings (SSSR count). The number of rotatable bonds is 6. The number of hydrogen-bond donors (Lipinski definition) is 2. The van der Waals surface area contributed by atoms with Crippen molar-refractivity contribution < 1.29 is 0 Å². The summed E-state index contributed by atoms with van der Waals surface area (Å²) in [4.78, 5) is 0. The lowest BCUT2D eigenvalue weighted by atomic mass is 10.1. The van der Waals surface area contributed by atoms with Gasteiger partial charge >= 0.3 is 0 Å². The summed E-state index contributed by atoms with van der Waals surface area (Å²) in [5.41, 5.74) is 7.72. The van der Waals surface area contributed by atoms with Gasteiger partial charge in [-0.15, -0.1) is 0 Å². The van der Waals surface area contributed by atoms with E-state index in [0.717, 1.165) is 31.6 Å². The summed E-state index contributed by atoms with van der Waals surface area (Å²) in [7, 11) is 0. The molecule has 0 radical (unpaired) electrons. The van der Waals surface area contributed by atoms with Crippen molar-refractivity contribution in [1.29, 1.82) is 0 Å². The Kier molecular flexibility index (Phi) is 4.97. The molecule has 0 fully saturated rings. The second kappa shape index (κ2) is 6.35. The highest BCUT2D eigenvalue weighted by atomic mass is 14.8. The van der Waals surface area contributed by atoms with Crippen molar-refractivity contribution in [2.45, 2.75) is 6.42 Å². The summed E-state index contributed by atoms with van der Waals surface area (Å²) in [6.07, 6.45) is 1.02. The molecule has 1 aromatic rings. The third-order valence-corrected chi connectivity index (χ3v) is 2.08. The summed E-state index contributed by atoms with van der Waals surface area (Å²) < 4.78 is 0. The third-order valence-electron chi connectivity index (χ3n) is 2.08. The first kappa shape index (κ1) is 11.0. The van der Waals surface area contributed by atoms with Gasteiger partial charge in [0.1, 0.15) is 0 Å². The van der Waals surface area contributed by atoms with Gasteiger partial charge in [-0.2, -0.15) is 0 Å². The fourth-order valence-electron chi connectivity index (χ4n) is 1.24. The molecule has 76 valence electrons. The normalized spacial score (nSPS) is 10.1. The Balaban J connectivity index is 2.29. The number of nitrogens with two attached hydrogens (primary N) is 1. The molecule has 0 atom stereocenters. The smallest absolute Gasteiger partial charge is 0.0205 e. The molecule has 0 aliphatic rings. The summed E-state index contributed by atoms with van der Waals surface area (Å²) >= 11 is 0. The molecule has 0 aliphatic heterocycles. The van der Waals surface area contributed by atoms with Gasteiger partial charge in [0.25, 0.3) is 0 Å². The molecule has 0 aromatic heterocycles. The topological polar surface area (TPSA) is 38.0 Å². The SMILES string of the molecule is C=C(CNCCCN)c1ccccc1. The standard InChI is InChI=1S/C12H18N2/c1-11(10-14-9-5-8-13)12-6-3-2-4-7-12/h2-4,6-7,14H,1,5,8-10,13H2. The maximum atomic E-state index is 5.39. The molecule has 2 nitrogen and oxygen atoms in total. The van der Waals surface area contributed by atoms with Gasteiger partial charge in [-0.3, -0.25) is 0 Å². The zero-order valence-electron chi connectivity index (χ0n) is 8.50. The van der Waals surface area contributed by atoms with E-state index in [1.807, 2.05) is 18.2 Å². The Morgan fingerprint density at radius 2 is 2.00 bits per heavy atom. The molecule has 0 spiro atoms. The first-order chi connectivity index (χ1) is 6.84. The van der Waals surface area contributed by atoms with Crippen LogP contribution in [0.2, 0.25) is 0 Å². The van der Waals surface area contributed by atoms with Crippen LogP contribution in [0.5, 0.6) is 0 Å². The minimum Gasteiger partial charge on any atom is -0.330 e. The fourth-order valence-corrected chi connectivity index (χ4v) is 1.24. The van der Waals surface area contributed by atoms with Crippen molar-refractivity contribution in [2.24, 2.45) is 5.73 Å². The largest absolute Gasteiger partial charge is 0.330 e. The molecule has 0 heterocycles. The van der Waals surface area contributed by atoms with Crippen LogP contribution in [-0.2, 0) is 0 Å². The van der Waals surface area contributed by atoms with Crippen LogP contribution in [0.15, 0.2) is 36.9 Å². The Labute approximate surface area is 85.8 Å². The van der Waals surface area contributed by atoms with Gasteiger partial charge < -0.3 is 11.1 Å². The number of nitrogens with one attached hydrogen (secondary N) is 1. The van der Waals surface area contributed by atoms with E-state index >= 15 is 0 Å². The Morgan fingerprint density at radius 1 is 1.29 bits per heavy atom. The van der Waals surface area contributed by atoms with Crippen LogP contribution in [0.3, 0.4) is 0 Å². The Hall–Kier alpha value is -1.12. The molecule has 3 N–H and O–H groups in total. The van der Waals surface area contributed by atoms with Crippen molar-refractivity contribution in [2.75, 3.05) is 19.6 Å². The predicted molar refractivity (Wildman–Crippen MR) is 62.0 cm³/mol. The van der Waals surface area contributed by atoms with Gasteiger partial charge in [0, 0.05) is 6.54 Å². The molecule has 0 bridgehead atoms. The van der Waals surface area contributed by atoms with E-state index in [1.54, 1.807) is 0 Å². The van der Waals surface area contributed by atoms with Crippen LogP contribution in [0, 0.1) is 0 Å². The van der Waals surface area contributed by atoms with E-state index in [-0.39, 0.29) is 0 Å². The van der Waals surface area contributed by atoms with Crippen LogP contribution in [-0.4, -0.2) is 19.6 Å². The maximum absolute atomic E-state index is 5.39. The summed E-state index contributed by atoms with van der Waals surface area (Å²) in [5.74, 6) is 0. The minimum absolute atomic E-state index is 0.741. The molecule has 0 saturated heterocycles. The van der Waals surface area contributed by atoms with Crippen LogP contribution in [0.4, 0.5) is 0 Å². The van der Waals surface area contributed by atoms with Crippen molar-refractivity contribution in [3.05, 3.63) is 42.5 Å². The molecule has 2 heteroatoms. The molecular formula is C12H18N2. The Bertz CT molecular complexity index is 267. The predicted octanol–water partition coefficient (Wildman–Crippen LogP) is 1.64. The first-order valence-corrected chi connectivity index (χ1v) is 4.98. The average molecular weight is 190 g/mol. The van der Waals surface area contributed by atoms with E-state index in [4.69, 9.17) is 5.73 Å². The molecule has 1 aromatic carbocycles. The highest BCUT2D eigenvalue weighted by molar-refractivity contribution is 5.64. The molecule has 0 saturated carbocycles. The van der Waals surface area contributed by atoms with E-state index < -0.39 is 0 Å². The van der Waals surface area contributed by atoms with Crippen LogP contribution in [0.25, 0.3) is 5.57 Å². The van der Waals surface area contributed by atoms with Gasteiger partial charge in [0.05, 0.1) is 0 Å². The Morgan fingerprint density at radius 3 is 2.64 bits per heavy atom. The number of hydrogen-bond acceptors (Lipinski definition) is 2. The molecule has 0 amide bonds. The minimum atomic E-state index is 0.741. The quantitative estimate of drug-likeness (QED) is 0.669. The van der Waals surface area contributed by atoms with Gasteiger partial charge in [0.2, 0.25) is 0 Å². The second-order valence-electron chi connectivity index (χ2n) is 3.29. The van der Waals surface area contributed by atoms with Crippen LogP contribution in [0.1, 0.15) is 12.0 Å². The summed E-state index contributed by atoms with van der Waals surface area (Å²) in [6, 6.07) is 10.2. The van der Waals surface area contributed by atoms with Crippen LogP contribution < -0.4 is 11.1 Å². The first-order valence-electron chi connectivity index (χ1n) is 4.98. The maximum Gasteiger partial charge on any atom is 0.0205 e. The van der Waals surface area contributed by atoms with E-state index in [0.29, 0.717) is 0 Å². The lowest BCUT2D eigenvalue weighted by Crippen LogP contribution is -2.19. The summed E-state index contributed by atoms with van der Waals surface area (Å²) in [5, 5.41) is 3.31. The van der Waals surface area contributed by atoms with E-state index in [9.17, 15) is 0 Å². The zero-order chi connectivity index (χ0) is 10.2. The van der Waals surface area contributed by atoms with Crippen molar-refractivity contribution >= 4 is 5.57 Å². The fraction of sp³-hybridized carbons (Fsp3) is 0.333. The van der Waals surface area contributed by atoms with E-state index in [1.165, 1.54) is 5.56 Å². The molecular weight excluding hydrogens is 172 g/mol. The molecule has 0 aliphatic carbocycles.